The highest BCUT2D eigenvalue weighted by Crippen LogP contribution is 2.28. The van der Waals surface area contributed by atoms with Crippen molar-refractivity contribution < 1.29 is 9.59 Å². The van der Waals surface area contributed by atoms with E-state index in [9.17, 15) is 9.59 Å². The van der Waals surface area contributed by atoms with Crippen LogP contribution in [-0.2, 0) is 16.0 Å². The van der Waals surface area contributed by atoms with E-state index in [1.807, 2.05) is 7.05 Å². The number of aliphatic imine (C=N–C) groups is 1. The Labute approximate surface area is 237 Å². The minimum atomic E-state index is 0.0678. The number of nitrogens with zero attached hydrogens (tertiary/aromatic N) is 3. The molecule has 0 aliphatic heterocycles. The van der Waals surface area contributed by atoms with E-state index in [4.69, 9.17) is 0 Å². The lowest BCUT2D eigenvalue weighted by molar-refractivity contribution is -0.121. The highest BCUT2D eigenvalue weighted by molar-refractivity contribution is 8.17. The zero-order chi connectivity index (χ0) is 27.0. The van der Waals surface area contributed by atoms with Crippen LogP contribution in [0.25, 0.3) is 0 Å². The third kappa shape index (κ3) is 12.0. The van der Waals surface area contributed by atoms with Gasteiger partial charge < -0.3 is 10.6 Å². The number of amides is 2. The van der Waals surface area contributed by atoms with E-state index < -0.39 is 0 Å². The van der Waals surface area contributed by atoms with Crippen LogP contribution in [-0.4, -0.2) is 34.1 Å². The monoisotopic (exact) mass is 561 g/mol. The molecule has 2 aliphatic rings. The second kappa shape index (κ2) is 17.8. The van der Waals surface area contributed by atoms with Gasteiger partial charge in [-0.1, -0.05) is 81.0 Å². The molecular formula is C29H47N5O2S2. The fourth-order valence-electron chi connectivity index (χ4n) is 5.35. The van der Waals surface area contributed by atoms with Crippen molar-refractivity contribution >= 4 is 45.1 Å². The maximum atomic E-state index is 12.7. The SMILES string of the molecule is CCCC=C(NC(=O)CC1CCCCC1)SC(CCCCc1nnc(NC(=O)CC2CCCCC2)s1)=NC. The fourth-order valence-corrected chi connectivity index (χ4v) is 7.11. The summed E-state index contributed by atoms with van der Waals surface area (Å²) in [5.74, 6) is 1.26. The van der Waals surface area contributed by atoms with E-state index >= 15 is 0 Å². The Kier molecular flexibility index (Phi) is 14.4. The normalized spacial score (nSPS) is 17.9. The fraction of sp³-hybridized carbons (Fsp3) is 0.759. The van der Waals surface area contributed by atoms with Gasteiger partial charge in [0.15, 0.2) is 0 Å². The van der Waals surface area contributed by atoms with E-state index in [0.717, 1.165) is 53.6 Å². The summed E-state index contributed by atoms with van der Waals surface area (Å²) >= 11 is 3.08. The van der Waals surface area contributed by atoms with Gasteiger partial charge >= 0.3 is 0 Å². The Balaban J connectivity index is 1.37. The van der Waals surface area contributed by atoms with Gasteiger partial charge in [0, 0.05) is 26.3 Å². The molecule has 0 saturated heterocycles. The summed E-state index contributed by atoms with van der Waals surface area (Å²) in [7, 11) is 1.83. The number of hydrogen-bond acceptors (Lipinski definition) is 7. The van der Waals surface area contributed by atoms with Gasteiger partial charge in [0.2, 0.25) is 16.9 Å². The van der Waals surface area contributed by atoms with Crippen molar-refractivity contribution in [2.24, 2.45) is 16.8 Å². The number of thioether (sulfide) groups is 1. The number of unbranched alkanes of at least 4 members (excludes halogenated alkanes) is 2. The first-order valence-electron chi connectivity index (χ1n) is 14.8. The summed E-state index contributed by atoms with van der Waals surface area (Å²) in [5.41, 5.74) is 0. The van der Waals surface area contributed by atoms with Crippen LogP contribution in [0, 0.1) is 11.8 Å². The number of rotatable bonds is 14. The second-order valence-corrected chi connectivity index (χ2v) is 13.0. The van der Waals surface area contributed by atoms with Crippen LogP contribution in [0.1, 0.15) is 121 Å². The highest BCUT2D eigenvalue weighted by atomic mass is 32.2. The standard InChI is InChI=1S/C29H47N5O2S2/c1-3-4-17-27(31-24(35)20-22-13-7-5-8-14-22)37-26(30-2)18-11-12-19-28-33-34-29(38-28)32-25(36)21-23-15-9-6-10-16-23/h17,22-23H,3-16,18-21H2,1-2H3,(H,31,35)(H,32,34,36). The van der Waals surface area contributed by atoms with Crippen LogP contribution in [0.15, 0.2) is 16.1 Å². The van der Waals surface area contributed by atoms with Crippen molar-refractivity contribution in [2.45, 2.75) is 122 Å². The average molecular weight is 562 g/mol. The van der Waals surface area contributed by atoms with E-state index in [2.05, 4.69) is 38.8 Å². The molecule has 0 atom stereocenters. The molecule has 2 aliphatic carbocycles. The number of allylic oxidation sites excluding steroid dienone is 1. The quantitative estimate of drug-likeness (QED) is 0.138. The predicted molar refractivity (Wildman–Crippen MR) is 161 cm³/mol. The van der Waals surface area contributed by atoms with E-state index in [1.165, 1.54) is 75.5 Å². The molecule has 2 amide bonds. The van der Waals surface area contributed by atoms with Crippen LogP contribution in [0.4, 0.5) is 5.13 Å². The molecule has 2 fully saturated rings. The Bertz CT molecular complexity index is 918. The number of aryl methyl sites for hydroxylation is 1. The molecule has 0 spiro atoms. The highest BCUT2D eigenvalue weighted by Gasteiger charge is 2.19. The van der Waals surface area contributed by atoms with Gasteiger partial charge in [-0.05, 0) is 63.2 Å². The third-order valence-corrected chi connectivity index (χ3v) is 9.51. The van der Waals surface area contributed by atoms with E-state index in [1.54, 1.807) is 11.8 Å². The van der Waals surface area contributed by atoms with Gasteiger partial charge in [-0.2, -0.15) is 0 Å². The maximum absolute atomic E-state index is 12.7. The summed E-state index contributed by atoms with van der Waals surface area (Å²) in [6, 6.07) is 0. The molecule has 0 unspecified atom stereocenters. The lowest BCUT2D eigenvalue weighted by Crippen LogP contribution is -2.25. The molecule has 38 heavy (non-hydrogen) atoms. The minimum Gasteiger partial charge on any atom is -0.321 e. The number of carbonyl (C=O) groups is 2. The van der Waals surface area contributed by atoms with Crippen LogP contribution in [0.5, 0.6) is 0 Å². The largest absolute Gasteiger partial charge is 0.321 e. The summed E-state index contributed by atoms with van der Waals surface area (Å²) in [6.45, 7) is 2.15. The summed E-state index contributed by atoms with van der Waals surface area (Å²) < 4.78 is 0. The van der Waals surface area contributed by atoms with Gasteiger partial charge in [0.05, 0.1) is 10.1 Å². The van der Waals surface area contributed by atoms with Crippen LogP contribution in [0.2, 0.25) is 0 Å². The van der Waals surface area contributed by atoms with Crippen LogP contribution in [0.3, 0.4) is 0 Å². The van der Waals surface area contributed by atoms with E-state index in [0.29, 0.717) is 29.8 Å². The number of aromatic nitrogens is 2. The molecule has 7 nitrogen and oxygen atoms in total. The first kappa shape index (κ1) is 30.8. The molecule has 1 aromatic rings. The molecule has 2 N–H and O–H groups in total. The Morgan fingerprint density at radius 1 is 0.974 bits per heavy atom. The lowest BCUT2D eigenvalue weighted by atomic mass is 9.87. The van der Waals surface area contributed by atoms with Crippen molar-refractivity contribution in [1.82, 2.24) is 15.5 Å². The summed E-state index contributed by atoms with van der Waals surface area (Å²) in [4.78, 5) is 29.6. The summed E-state index contributed by atoms with van der Waals surface area (Å²) in [5, 5.41) is 18.1. The Morgan fingerprint density at radius 2 is 1.63 bits per heavy atom. The molecule has 1 aromatic heterocycles. The van der Waals surface area contributed by atoms with Crippen LogP contribution >= 0.6 is 23.1 Å². The van der Waals surface area contributed by atoms with Gasteiger partial charge in [-0.3, -0.25) is 14.6 Å². The predicted octanol–water partition coefficient (Wildman–Crippen LogP) is 7.65. The lowest BCUT2D eigenvalue weighted by Gasteiger charge is -2.21. The first-order valence-corrected chi connectivity index (χ1v) is 16.4. The molecule has 0 radical (unpaired) electrons. The first-order chi connectivity index (χ1) is 18.6. The van der Waals surface area contributed by atoms with Crippen molar-refractivity contribution in [3.05, 3.63) is 16.1 Å². The van der Waals surface area contributed by atoms with Crippen molar-refractivity contribution in [2.75, 3.05) is 12.4 Å². The molecule has 1 heterocycles. The number of nitrogens with one attached hydrogen (secondary N) is 2. The topological polar surface area (TPSA) is 96.3 Å². The average Bonchev–Trinajstić information content (AvgIpc) is 3.36. The Morgan fingerprint density at radius 3 is 2.26 bits per heavy atom. The van der Waals surface area contributed by atoms with Crippen molar-refractivity contribution in [3.8, 4) is 0 Å². The van der Waals surface area contributed by atoms with Crippen LogP contribution < -0.4 is 10.6 Å². The number of carbonyl (C=O) groups excluding carboxylic acids is 2. The maximum Gasteiger partial charge on any atom is 0.226 e. The summed E-state index contributed by atoms with van der Waals surface area (Å²) in [6.07, 6.45) is 21.3. The van der Waals surface area contributed by atoms with Gasteiger partial charge in [-0.15, -0.1) is 10.2 Å². The molecule has 212 valence electrons. The van der Waals surface area contributed by atoms with Gasteiger partial charge in [-0.25, -0.2) is 0 Å². The van der Waals surface area contributed by atoms with Crippen molar-refractivity contribution in [1.29, 1.82) is 0 Å². The third-order valence-electron chi connectivity index (χ3n) is 7.50. The van der Waals surface area contributed by atoms with Gasteiger partial charge in [0.1, 0.15) is 5.01 Å². The Hall–Kier alpha value is -1.74. The molecule has 2 saturated carbocycles. The molecular weight excluding hydrogens is 514 g/mol. The molecule has 0 aromatic carbocycles. The smallest absolute Gasteiger partial charge is 0.226 e. The molecule has 9 heteroatoms. The number of hydrogen-bond donors (Lipinski definition) is 2. The van der Waals surface area contributed by atoms with Gasteiger partial charge in [0.25, 0.3) is 0 Å². The molecule has 0 bridgehead atoms. The minimum absolute atomic E-state index is 0.0678. The zero-order valence-electron chi connectivity index (χ0n) is 23.4. The molecule has 3 rings (SSSR count). The van der Waals surface area contributed by atoms with E-state index in [-0.39, 0.29) is 11.8 Å². The number of anilines is 1. The second-order valence-electron chi connectivity index (χ2n) is 10.8. The van der Waals surface area contributed by atoms with Crippen molar-refractivity contribution in [3.63, 3.8) is 0 Å². The zero-order valence-corrected chi connectivity index (χ0v) is 25.1.